The van der Waals surface area contributed by atoms with Gasteiger partial charge in [-0.1, -0.05) is 139 Å². The van der Waals surface area contributed by atoms with Crippen LogP contribution < -0.4 is 4.90 Å². The Labute approximate surface area is 346 Å². The molecule has 12 rings (SSSR count). The number of hydrogen-bond donors (Lipinski definition) is 0. The maximum atomic E-state index is 9.85. The van der Waals surface area contributed by atoms with E-state index in [1.54, 1.807) is 0 Å². The average molecular weight is 757 g/mol. The van der Waals surface area contributed by atoms with Gasteiger partial charge >= 0.3 is 0 Å². The van der Waals surface area contributed by atoms with Crippen molar-refractivity contribution in [3.05, 3.63) is 218 Å². The van der Waals surface area contributed by atoms with Crippen LogP contribution in [0.25, 0.3) is 93.2 Å². The van der Waals surface area contributed by atoms with Crippen LogP contribution in [0, 0.1) is 0 Å². The molecule has 12 aromatic rings. The van der Waals surface area contributed by atoms with Crippen molar-refractivity contribution in [2.45, 2.75) is 0 Å². The predicted octanol–water partition coefficient (Wildman–Crippen LogP) is 15.8. The van der Waals surface area contributed by atoms with Gasteiger partial charge in [-0.05, 0) is 117 Å². The third-order valence-corrected chi connectivity index (χ3v) is 11.6. The van der Waals surface area contributed by atoms with Crippen molar-refractivity contribution in [2.24, 2.45) is 0 Å². The van der Waals surface area contributed by atoms with Gasteiger partial charge in [-0.3, -0.25) is 0 Å². The Morgan fingerprint density at radius 1 is 0.407 bits per heavy atom. The molecule has 0 bridgehead atoms. The molecule has 276 valence electrons. The van der Waals surface area contributed by atoms with Crippen LogP contribution in [0.5, 0.6) is 0 Å². The lowest BCUT2D eigenvalue weighted by molar-refractivity contribution is 0.672. The quantitative estimate of drug-likeness (QED) is 0.168. The number of fused-ring (bicyclic) bond motifs is 9. The number of nitrogens with zero attached hydrogens (tertiary/aromatic N) is 2. The zero-order chi connectivity index (χ0) is 42.3. The lowest BCUT2D eigenvalue weighted by Gasteiger charge is -2.27. The number of hydrogen-bond acceptors (Lipinski definition) is 2. The number of rotatable bonds is 6. The molecule has 0 fully saturated rings. The molecule has 0 radical (unpaired) electrons. The van der Waals surface area contributed by atoms with E-state index >= 15 is 0 Å². The van der Waals surface area contributed by atoms with E-state index in [1.807, 2.05) is 108 Å². The highest BCUT2D eigenvalue weighted by molar-refractivity contribution is 6.19. The van der Waals surface area contributed by atoms with Crippen molar-refractivity contribution in [3.8, 4) is 27.9 Å². The Balaban J connectivity index is 1.09. The van der Waals surface area contributed by atoms with E-state index in [0.717, 1.165) is 76.5 Å². The first-order valence-corrected chi connectivity index (χ1v) is 19.8. The zero-order valence-electron chi connectivity index (χ0n) is 35.8. The average Bonchev–Trinajstić information content (AvgIpc) is 3.89. The molecule has 0 N–H and O–H groups in total. The molecule has 0 saturated carbocycles. The first-order valence-electron chi connectivity index (χ1n) is 21.8. The van der Waals surface area contributed by atoms with Crippen molar-refractivity contribution in [1.82, 2.24) is 4.57 Å². The first-order chi connectivity index (χ1) is 30.9. The van der Waals surface area contributed by atoms with Gasteiger partial charge in [-0.25, -0.2) is 0 Å². The van der Waals surface area contributed by atoms with Crippen LogP contribution in [0.1, 0.15) is 5.48 Å². The maximum Gasteiger partial charge on any atom is 0.143 e. The molecule has 3 nitrogen and oxygen atoms in total. The van der Waals surface area contributed by atoms with Crippen LogP contribution in [-0.2, 0) is 0 Å². The Morgan fingerprint density at radius 2 is 1.08 bits per heavy atom. The lowest BCUT2D eigenvalue weighted by Crippen LogP contribution is -2.10. The summed E-state index contributed by atoms with van der Waals surface area (Å²) in [5, 5.41) is 8.03. The molecule has 0 aliphatic carbocycles. The van der Waals surface area contributed by atoms with Gasteiger partial charge in [0.25, 0.3) is 0 Å². The van der Waals surface area contributed by atoms with Gasteiger partial charge in [0, 0.05) is 38.6 Å². The fraction of sp³-hybridized carbons (Fsp3) is 0. The minimum Gasteiger partial charge on any atom is -0.455 e. The highest BCUT2D eigenvalue weighted by atomic mass is 16.3. The van der Waals surface area contributed by atoms with Crippen LogP contribution in [0.2, 0.25) is 0 Å². The molecule has 2 heterocycles. The molecular weight excluding hydrogens is 717 g/mol. The van der Waals surface area contributed by atoms with Crippen molar-refractivity contribution >= 4 is 82.4 Å². The molecule has 2 aromatic heterocycles. The van der Waals surface area contributed by atoms with Crippen molar-refractivity contribution in [1.29, 1.82) is 0 Å². The normalized spacial score (nSPS) is 12.7. The topological polar surface area (TPSA) is 21.3 Å². The van der Waals surface area contributed by atoms with E-state index in [0.29, 0.717) is 22.5 Å². The summed E-state index contributed by atoms with van der Waals surface area (Å²) in [5.41, 5.74) is 8.82. The predicted molar refractivity (Wildman–Crippen MR) is 249 cm³/mol. The van der Waals surface area contributed by atoms with Crippen LogP contribution in [-0.4, -0.2) is 4.57 Å². The van der Waals surface area contributed by atoms with Gasteiger partial charge in [0.1, 0.15) is 11.2 Å². The van der Waals surface area contributed by atoms with E-state index in [1.165, 1.54) is 0 Å². The molecule has 0 amide bonds. The number of benzene rings is 10. The van der Waals surface area contributed by atoms with Gasteiger partial charge in [-0.2, -0.15) is 0 Å². The second-order valence-electron chi connectivity index (χ2n) is 15.0. The largest absolute Gasteiger partial charge is 0.455 e. The van der Waals surface area contributed by atoms with Crippen LogP contribution in [0.4, 0.5) is 17.1 Å². The Morgan fingerprint density at radius 3 is 1.97 bits per heavy atom. The molecular formula is C56H36N2O. The standard InChI is InChI=1S/C56H36N2O/c1-2-16-44(17-3-1)58-51-21-9-8-20-48(51)50-36-43(29-33-52(50)58)38-26-30-45(31-27-38)57(46-18-10-15-41(35-46)42-25-24-37-12-4-5-14-40(37)34-42)53-22-11-23-54-55(53)49-32-28-39-13-6-7-19-47(39)56(49)59-54/h1-36H/i26D,27D,30D,31D. The highest BCUT2D eigenvalue weighted by Crippen LogP contribution is 2.45. The van der Waals surface area contributed by atoms with Crippen LogP contribution >= 0.6 is 0 Å². The second-order valence-corrected chi connectivity index (χ2v) is 15.0. The SMILES string of the molecule is [2H]c1c([2H])c(N(c2cccc(-c3ccc4ccccc4c3)c2)c2cccc3oc4c5ccccc5ccc4c23)c([2H])c([2H])c1-c1ccc2c(c1)c1ccccc1n2-c1ccccc1. The summed E-state index contributed by atoms with van der Waals surface area (Å²) in [6.45, 7) is 0. The number of furan rings is 1. The first kappa shape index (κ1) is 29.4. The summed E-state index contributed by atoms with van der Waals surface area (Å²) in [7, 11) is 0. The minimum absolute atomic E-state index is 0.122. The number of para-hydroxylation sites is 2. The van der Waals surface area contributed by atoms with E-state index < -0.39 is 0 Å². The van der Waals surface area contributed by atoms with Gasteiger partial charge in [0.05, 0.1) is 27.6 Å². The third-order valence-electron chi connectivity index (χ3n) is 11.6. The molecule has 0 atom stereocenters. The van der Waals surface area contributed by atoms with Gasteiger partial charge in [0.2, 0.25) is 0 Å². The zero-order valence-corrected chi connectivity index (χ0v) is 31.8. The molecule has 0 aliphatic heterocycles. The molecule has 3 heteroatoms. The number of anilines is 3. The van der Waals surface area contributed by atoms with Crippen molar-refractivity contribution in [2.75, 3.05) is 4.90 Å². The third kappa shape index (κ3) is 5.44. The summed E-state index contributed by atoms with van der Waals surface area (Å²) >= 11 is 0. The minimum atomic E-state index is -0.149. The van der Waals surface area contributed by atoms with E-state index in [9.17, 15) is 5.48 Å². The monoisotopic (exact) mass is 756 g/mol. The summed E-state index contributed by atoms with van der Waals surface area (Å²) < 4.78 is 48.0. The highest BCUT2D eigenvalue weighted by Gasteiger charge is 2.21. The summed E-state index contributed by atoms with van der Waals surface area (Å²) in [4.78, 5) is 1.89. The second kappa shape index (κ2) is 13.4. The molecule has 0 aliphatic rings. The van der Waals surface area contributed by atoms with E-state index in [4.69, 9.17) is 4.42 Å². The van der Waals surface area contributed by atoms with Gasteiger partial charge < -0.3 is 13.9 Å². The maximum absolute atomic E-state index is 9.85. The molecule has 0 unspecified atom stereocenters. The lowest BCUT2D eigenvalue weighted by atomic mass is 9.99. The fourth-order valence-electron chi connectivity index (χ4n) is 8.85. The summed E-state index contributed by atoms with van der Waals surface area (Å²) in [6, 6.07) is 64.8. The number of aromatic nitrogens is 1. The Bertz CT molecular complexity index is 3790. The fourth-order valence-corrected chi connectivity index (χ4v) is 8.85. The van der Waals surface area contributed by atoms with Crippen LogP contribution in [0.15, 0.2) is 223 Å². The van der Waals surface area contributed by atoms with E-state index in [2.05, 4.69) is 95.6 Å². The van der Waals surface area contributed by atoms with Crippen molar-refractivity contribution in [3.63, 3.8) is 0 Å². The molecule has 10 aromatic carbocycles. The van der Waals surface area contributed by atoms with Gasteiger partial charge in [0.15, 0.2) is 0 Å². The van der Waals surface area contributed by atoms with E-state index in [-0.39, 0.29) is 35.4 Å². The Hall–Kier alpha value is -7.88. The molecule has 59 heavy (non-hydrogen) atoms. The van der Waals surface area contributed by atoms with Crippen LogP contribution in [0.3, 0.4) is 0 Å². The smallest absolute Gasteiger partial charge is 0.143 e. The summed E-state index contributed by atoms with van der Waals surface area (Å²) in [6.07, 6.45) is 0. The Kier molecular flexibility index (Phi) is 6.65. The van der Waals surface area contributed by atoms with Gasteiger partial charge in [-0.15, -0.1) is 0 Å². The summed E-state index contributed by atoms with van der Waals surface area (Å²) in [5.74, 6) is 0. The molecule has 0 spiro atoms. The van der Waals surface area contributed by atoms with Crippen molar-refractivity contribution < 1.29 is 9.90 Å². The molecule has 0 saturated heterocycles.